The van der Waals surface area contributed by atoms with Gasteiger partial charge in [-0.3, -0.25) is 9.18 Å². The van der Waals surface area contributed by atoms with Crippen LogP contribution in [0.2, 0.25) is 0 Å². The molecule has 4 heteroatoms. The zero-order chi connectivity index (χ0) is 10.1. The van der Waals surface area contributed by atoms with Gasteiger partial charge in [-0.05, 0) is 25.5 Å². The Bertz CT molecular complexity index is 142. The molecule has 0 aliphatic rings. The molecule has 78 valence electrons. The Balaban J connectivity index is 3.26. The van der Waals surface area contributed by atoms with Crippen LogP contribution in [-0.2, 0) is 9.53 Å². The van der Waals surface area contributed by atoms with Gasteiger partial charge >= 0.3 is 5.97 Å². The van der Waals surface area contributed by atoms with Crippen LogP contribution in [0.5, 0.6) is 0 Å². The second-order valence-corrected chi connectivity index (χ2v) is 4.23. The van der Waals surface area contributed by atoms with E-state index >= 15 is 0 Å². The second-order valence-electron chi connectivity index (χ2n) is 2.79. The van der Waals surface area contributed by atoms with Crippen molar-refractivity contribution in [3.05, 3.63) is 0 Å². The predicted molar refractivity (Wildman–Crippen MR) is 53.8 cm³/mol. The lowest BCUT2D eigenvalue weighted by molar-refractivity contribution is -0.139. The zero-order valence-electron chi connectivity index (χ0n) is 8.22. The van der Waals surface area contributed by atoms with Gasteiger partial charge < -0.3 is 4.74 Å². The van der Waals surface area contributed by atoms with Crippen molar-refractivity contribution in [3.8, 4) is 0 Å². The van der Waals surface area contributed by atoms with Gasteiger partial charge in [-0.2, -0.15) is 0 Å². The van der Waals surface area contributed by atoms with E-state index in [-0.39, 0.29) is 17.9 Å². The van der Waals surface area contributed by atoms with Crippen LogP contribution in [0.3, 0.4) is 0 Å². The van der Waals surface area contributed by atoms with Gasteiger partial charge in [0, 0.05) is 0 Å². The van der Waals surface area contributed by atoms with E-state index in [4.69, 9.17) is 0 Å². The molecule has 0 rings (SSSR count). The van der Waals surface area contributed by atoms with Crippen molar-refractivity contribution < 1.29 is 13.9 Å². The van der Waals surface area contributed by atoms with Crippen LogP contribution in [-0.4, -0.2) is 30.8 Å². The van der Waals surface area contributed by atoms with E-state index in [1.165, 1.54) is 7.11 Å². The summed E-state index contributed by atoms with van der Waals surface area (Å²) in [6.45, 7) is 1.59. The van der Waals surface area contributed by atoms with E-state index in [1.807, 2.05) is 6.92 Å². The first-order valence-electron chi connectivity index (χ1n) is 4.47. The van der Waals surface area contributed by atoms with Crippen molar-refractivity contribution in [3.63, 3.8) is 0 Å². The van der Waals surface area contributed by atoms with Crippen molar-refractivity contribution in [2.45, 2.75) is 31.4 Å². The summed E-state index contributed by atoms with van der Waals surface area (Å²) < 4.78 is 16.3. The normalized spacial score (nSPS) is 12.5. The quantitative estimate of drug-likeness (QED) is 0.475. The maximum absolute atomic E-state index is 11.7. The third kappa shape index (κ3) is 6.87. The Hall–Kier alpha value is -0.250. The van der Waals surface area contributed by atoms with Crippen LogP contribution < -0.4 is 0 Å². The maximum atomic E-state index is 11.7. The third-order valence-electron chi connectivity index (χ3n) is 1.68. The molecular formula is C9H17FO2S. The lowest BCUT2D eigenvalue weighted by atomic mass is 10.3. The Kier molecular flexibility index (Phi) is 8.19. The number of alkyl halides is 1. The first kappa shape index (κ1) is 12.8. The van der Waals surface area contributed by atoms with E-state index in [2.05, 4.69) is 4.74 Å². The van der Waals surface area contributed by atoms with Crippen molar-refractivity contribution in [1.29, 1.82) is 0 Å². The highest BCUT2D eigenvalue weighted by Crippen LogP contribution is 2.14. The molecule has 2 nitrogen and oxygen atoms in total. The minimum Gasteiger partial charge on any atom is -0.468 e. The van der Waals surface area contributed by atoms with Crippen LogP contribution >= 0.6 is 11.8 Å². The smallest absolute Gasteiger partial charge is 0.318 e. The summed E-state index contributed by atoms with van der Waals surface area (Å²) >= 11 is 1.56. The average molecular weight is 208 g/mol. The lowest BCUT2D eigenvalue weighted by Gasteiger charge is -2.07. The molecule has 0 aromatic rings. The number of methoxy groups -OCH3 is 1. The minimum atomic E-state index is -0.239. The highest BCUT2D eigenvalue weighted by molar-refractivity contribution is 8.00. The molecule has 0 radical (unpaired) electrons. The number of esters is 1. The second kappa shape index (κ2) is 8.35. The van der Waals surface area contributed by atoms with E-state index in [0.29, 0.717) is 6.42 Å². The molecule has 1 atom stereocenters. The summed E-state index contributed by atoms with van der Waals surface area (Å²) in [6.07, 6.45) is 2.50. The van der Waals surface area contributed by atoms with Gasteiger partial charge in [0.05, 0.1) is 19.0 Å². The molecule has 0 aliphatic carbocycles. The van der Waals surface area contributed by atoms with Crippen molar-refractivity contribution >= 4 is 17.7 Å². The highest BCUT2D eigenvalue weighted by Gasteiger charge is 2.12. The summed E-state index contributed by atoms with van der Waals surface area (Å²) in [7, 11) is 1.39. The zero-order valence-corrected chi connectivity index (χ0v) is 9.03. The van der Waals surface area contributed by atoms with Crippen molar-refractivity contribution in [1.82, 2.24) is 0 Å². The predicted octanol–water partition coefficient (Wildman–Crippen LogP) is 2.42. The third-order valence-corrected chi connectivity index (χ3v) is 2.90. The monoisotopic (exact) mass is 208 g/mol. The Morgan fingerprint density at radius 1 is 1.46 bits per heavy atom. The van der Waals surface area contributed by atoms with Gasteiger partial charge in [-0.1, -0.05) is 6.42 Å². The molecule has 0 spiro atoms. The largest absolute Gasteiger partial charge is 0.468 e. The Morgan fingerprint density at radius 2 is 2.15 bits per heavy atom. The number of hydrogen-bond donors (Lipinski definition) is 0. The van der Waals surface area contributed by atoms with E-state index in [1.54, 1.807) is 11.8 Å². The van der Waals surface area contributed by atoms with Gasteiger partial charge in [0.15, 0.2) is 0 Å². The van der Waals surface area contributed by atoms with Gasteiger partial charge in [-0.25, -0.2) is 0 Å². The summed E-state index contributed by atoms with van der Waals surface area (Å²) in [5.41, 5.74) is 0. The molecule has 0 saturated heterocycles. The summed E-state index contributed by atoms with van der Waals surface area (Å²) in [6, 6.07) is 0. The van der Waals surface area contributed by atoms with Crippen molar-refractivity contribution in [2.75, 3.05) is 19.5 Å². The number of carbonyl (C=O) groups is 1. The van der Waals surface area contributed by atoms with E-state index in [9.17, 15) is 9.18 Å². The SMILES string of the molecule is COC(=O)C(C)SCCCCCF. The van der Waals surface area contributed by atoms with Gasteiger partial charge in [0.25, 0.3) is 0 Å². The Labute approximate surface area is 83.2 Å². The van der Waals surface area contributed by atoms with E-state index < -0.39 is 0 Å². The average Bonchev–Trinajstić information content (AvgIpc) is 2.16. The standard InChI is InChI=1S/C9H17FO2S/c1-8(9(11)12-2)13-7-5-3-4-6-10/h8H,3-7H2,1-2H3. The molecule has 0 amide bonds. The lowest BCUT2D eigenvalue weighted by Crippen LogP contribution is -2.15. The highest BCUT2D eigenvalue weighted by atomic mass is 32.2. The number of rotatable bonds is 7. The van der Waals surface area contributed by atoms with Gasteiger partial charge in [-0.15, -0.1) is 11.8 Å². The molecule has 13 heavy (non-hydrogen) atoms. The fraction of sp³-hybridized carbons (Fsp3) is 0.889. The van der Waals surface area contributed by atoms with Gasteiger partial charge in [0.2, 0.25) is 0 Å². The van der Waals surface area contributed by atoms with Crippen LogP contribution in [0.1, 0.15) is 26.2 Å². The van der Waals surface area contributed by atoms with Crippen molar-refractivity contribution in [2.24, 2.45) is 0 Å². The van der Waals surface area contributed by atoms with Crippen LogP contribution in [0.4, 0.5) is 4.39 Å². The van der Waals surface area contributed by atoms with Gasteiger partial charge in [0.1, 0.15) is 0 Å². The number of thioether (sulfide) groups is 1. The number of ether oxygens (including phenoxy) is 1. The number of unbranched alkanes of at least 4 members (excludes halogenated alkanes) is 2. The molecule has 0 N–H and O–H groups in total. The molecule has 0 saturated carbocycles. The first-order valence-corrected chi connectivity index (χ1v) is 5.52. The van der Waals surface area contributed by atoms with Crippen LogP contribution in [0.25, 0.3) is 0 Å². The van der Waals surface area contributed by atoms with Crippen LogP contribution in [0.15, 0.2) is 0 Å². The fourth-order valence-electron chi connectivity index (χ4n) is 0.867. The minimum absolute atomic E-state index is 0.102. The summed E-state index contributed by atoms with van der Waals surface area (Å²) in [5, 5.41) is -0.102. The summed E-state index contributed by atoms with van der Waals surface area (Å²) in [5.74, 6) is 0.714. The molecule has 0 aromatic carbocycles. The molecule has 0 bridgehead atoms. The maximum Gasteiger partial charge on any atom is 0.318 e. The molecular weight excluding hydrogens is 191 g/mol. The number of carbonyl (C=O) groups excluding carboxylic acids is 1. The fourth-order valence-corrected chi connectivity index (χ4v) is 1.82. The Morgan fingerprint density at radius 3 is 2.69 bits per heavy atom. The van der Waals surface area contributed by atoms with E-state index in [0.717, 1.165) is 18.6 Å². The molecule has 0 heterocycles. The topological polar surface area (TPSA) is 26.3 Å². The summed E-state index contributed by atoms with van der Waals surface area (Å²) in [4.78, 5) is 10.9. The molecule has 1 unspecified atom stereocenters. The number of hydrogen-bond acceptors (Lipinski definition) is 3. The first-order chi connectivity index (χ1) is 6.22. The molecule has 0 fully saturated rings. The number of halogens is 1. The van der Waals surface area contributed by atoms with Crippen LogP contribution in [0, 0.1) is 0 Å². The molecule has 0 aliphatic heterocycles. The molecule has 0 aromatic heterocycles.